The second-order valence-electron chi connectivity index (χ2n) is 7.26. The summed E-state index contributed by atoms with van der Waals surface area (Å²) in [6, 6.07) is 4.51. The molecule has 1 aromatic carbocycles. The van der Waals surface area contributed by atoms with Crippen molar-refractivity contribution >= 4 is 40.6 Å². The largest absolute Gasteiger partial charge is 0.352 e. The summed E-state index contributed by atoms with van der Waals surface area (Å²) in [6.45, 7) is 9.32. The summed E-state index contributed by atoms with van der Waals surface area (Å²) in [5.74, 6) is 0.544. The standard InChI is InChI=1S/C20H27ClN4O2S/c1-12(2)10-23-18(26)16-6-5-14(9-17(16)21)25-20(27)22-8-7-15-11-28-19(24-15)13(3)4/h5-6,9,11-13H,7-8,10H2,1-4H3,(H,23,26)(H2,22,25,27). The van der Waals surface area contributed by atoms with Gasteiger partial charge >= 0.3 is 6.03 Å². The maximum absolute atomic E-state index is 12.1. The van der Waals surface area contributed by atoms with Crippen molar-refractivity contribution in [3.63, 3.8) is 0 Å². The maximum atomic E-state index is 12.1. The first-order chi connectivity index (χ1) is 13.3. The van der Waals surface area contributed by atoms with E-state index < -0.39 is 0 Å². The first-order valence-corrected chi connectivity index (χ1v) is 10.6. The number of benzene rings is 1. The van der Waals surface area contributed by atoms with Crippen LogP contribution in [0.3, 0.4) is 0 Å². The Morgan fingerprint density at radius 1 is 1.18 bits per heavy atom. The highest BCUT2D eigenvalue weighted by Gasteiger charge is 2.12. The molecule has 0 radical (unpaired) electrons. The molecule has 0 aliphatic carbocycles. The van der Waals surface area contributed by atoms with E-state index >= 15 is 0 Å². The summed E-state index contributed by atoms with van der Waals surface area (Å²) in [7, 11) is 0. The monoisotopic (exact) mass is 422 g/mol. The molecular formula is C20H27ClN4O2S. The van der Waals surface area contributed by atoms with Gasteiger partial charge in [-0.3, -0.25) is 4.79 Å². The molecule has 0 aliphatic rings. The van der Waals surface area contributed by atoms with Crippen LogP contribution in [0, 0.1) is 5.92 Å². The molecule has 3 N–H and O–H groups in total. The lowest BCUT2D eigenvalue weighted by Gasteiger charge is -2.11. The van der Waals surface area contributed by atoms with Gasteiger partial charge in [-0.15, -0.1) is 11.3 Å². The minimum atomic E-state index is -0.326. The van der Waals surface area contributed by atoms with Crippen molar-refractivity contribution in [2.45, 2.75) is 40.0 Å². The Labute approximate surface area is 175 Å². The van der Waals surface area contributed by atoms with E-state index in [-0.39, 0.29) is 11.9 Å². The van der Waals surface area contributed by atoms with Gasteiger partial charge in [-0.1, -0.05) is 39.3 Å². The first kappa shape index (κ1) is 22.2. The zero-order valence-electron chi connectivity index (χ0n) is 16.6. The van der Waals surface area contributed by atoms with Gasteiger partial charge in [0, 0.05) is 36.5 Å². The molecule has 0 saturated heterocycles. The number of hydrogen-bond acceptors (Lipinski definition) is 4. The molecule has 28 heavy (non-hydrogen) atoms. The lowest BCUT2D eigenvalue weighted by atomic mass is 10.1. The van der Waals surface area contributed by atoms with Crippen LogP contribution in [0.4, 0.5) is 10.5 Å². The van der Waals surface area contributed by atoms with Gasteiger partial charge < -0.3 is 16.0 Å². The number of urea groups is 1. The second kappa shape index (κ2) is 10.4. The van der Waals surface area contributed by atoms with E-state index in [9.17, 15) is 9.59 Å². The Morgan fingerprint density at radius 2 is 1.93 bits per heavy atom. The normalized spacial score (nSPS) is 11.0. The van der Waals surface area contributed by atoms with E-state index in [0.29, 0.717) is 47.6 Å². The molecule has 152 valence electrons. The molecule has 0 fully saturated rings. The van der Waals surface area contributed by atoms with Crippen molar-refractivity contribution in [2.24, 2.45) is 5.92 Å². The number of carbonyl (C=O) groups is 2. The SMILES string of the molecule is CC(C)CNC(=O)c1ccc(NC(=O)NCCc2csc(C(C)C)n2)cc1Cl. The van der Waals surface area contributed by atoms with E-state index in [0.717, 1.165) is 10.7 Å². The van der Waals surface area contributed by atoms with Crippen LogP contribution in [-0.2, 0) is 6.42 Å². The summed E-state index contributed by atoms with van der Waals surface area (Å²) in [5, 5.41) is 11.8. The van der Waals surface area contributed by atoms with E-state index in [2.05, 4.69) is 34.8 Å². The number of thiazole rings is 1. The van der Waals surface area contributed by atoms with Crippen LogP contribution < -0.4 is 16.0 Å². The molecule has 0 unspecified atom stereocenters. The molecule has 1 heterocycles. The molecule has 0 bridgehead atoms. The summed E-state index contributed by atoms with van der Waals surface area (Å²) < 4.78 is 0. The Hall–Kier alpha value is -2.12. The second-order valence-corrected chi connectivity index (χ2v) is 8.56. The van der Waals surface area contributed by atoms with Crippen molar-refractivity contribution in [1.82, 2.24) is 15.6 Å². The Balaban J connectivity index is 1.82. The lowest BCUT2D eigenvalue weighted by molar-refractivity contribution is 0.0949. The average molecular weight is 423 g/mol. The van der Waals surface area contributed by atoms with Crippen LogP contribution in [-0.4, -0.2) is 30.0 Å². The van der Waals surface area contributed by atoms with E-state index in [1.807, 2.05) is 19.2 Å². The molecule has 0 saturated carbocycles. The van der Waals surface area contributed by atoms with Crippen LogP contribution in [0.15, 0.2) is 23.6 Å². The molecule has 0 atom stereocenters. The third-order valence-electron chi connectivity index (χ3n) is 3.87. The van der Waals surface area contributed by atoms with Gasteiger partial charge in [0.2, 0.25) is 0 Å². The quantitative estimate of drug-likeness (QED) is 0.578. The summed E-state index contributed by atoms with van der Waals surface area (Å²) in [5.41, 5.74) is 1.89. The number of carbonyl (C=O) groups excluding carboxylic acids is 2. The number of halogens is 1. The van der Waals surface area contributed by atoms with Gasteiger partial charge in [-0.2, -0.15) is 0 Å². The third-order valence-corrected chi connectivity index (χ3v) is 5.38. The number of rotatable bonds is 8. The van der Waals surface area contributed by atoms with Crippen molar-refractivity contribution in [2.75, 3.05) is 18.4 Å². The summed E-state index contributed by atoms with van der Waals surface area (Å²) in [6.07, 6.45) is 0.673. The molecule has 2 rings (SSSR count). The third kappa shape index (κ3) is 6.80. The zero-order chi connectivity index (χ0) is 20.7. The fourth-order valence-electron chi connectivity index (χ4n) is 2.35. The molecule has 6 nitrogen and oxygen atoms in total. The number of nitrogens with zero attached hydrogens (tertiary/aromatic N) is 1. The highest BCUT2D eigenvalue weighted by molar-refractivity contribution is 7.09. The lowest BCUT2D eigenvalue weighted by Crippen LogP contribution is -2.30. The number of aromatic nitrogens is 1. The number of amides is 3. The van der Waals surface area contributed by atoms with Gasteiger partial charge in [0.15, 0.2) is 0 Å². The number of nitrogens with one attached hydrogen (secondary N) is 3. The molecule has 3 amide bonds. The van der Waals surface area contributed by atoms with Crippen LogP contribution in [0.5, 0.6) is 0 Å². The molecule has 0 aliphatic heterocycles. The molecule has 1 aromatic heterocycles. The van der Waals surface area contributed by atoms with E-state index in [4.69, 9.17) is 11.6 Å². The Kier molecular flexibility index (Phi) is 8.26. The van der Waals surface area contributed by atoms with Crippen LogP contribution in [0.2, 0.25) is 5.02 Å². The summed E-state index contributed by atoms with van der Waals surface area (Å²) >= 11 is 7.84. The molecule has 8 heteroatoms. The van der Waals surface area contributed by atoms with Crippen LogP contribution >= 0.6 is 22.9 Å². The van der Waals surface area contributed by atoms with Gasteiger partial charge in [0.25, 0.3) is 5.91 Å². The minimum absolute atomic E-state index is 0.223. The van der Waals surface area contributed by atoms with Crippen LogP contribution in [0.1, 0.15) is 54.7 Å². The highest BCUT2D eigenvalue weighted by Crippen LogP contribution is 2.21. The Bertz CT molecular complexity index is 820. The fraction of sp³-hybridized carbons (Fsp3) is 0.450. The zero-order valence-corrected chi connectivity index (χ0v) is 18.2. The van der Waals surface area contributed by atoms with Gasteiger partial charge in [-0.05, 0) is 24.1 Å². The first-order valence-electron chi connectivity index (χ1n) is 9.33. The predicted octanol–water partition coefficient (Wildman–Crippen LogP) is 4.67. The Morgan fingerprint density at radius 3 is 2.54 bits per heavy atom. The fourth-order valence-corrected chi connectivity index (χ4v) is 3.49. The topological polar surface area (TPSA) is 83.1 Å². The van der Waals surface area contributed by atoms with Crippen molar-refractivity contribution < 1.29 is 9.59 Å². The van der Waals surface area contributed by atoms with E-state index in [1.54, 1.807) is 29.5 Å². The highest BCUT2D eigenvalue weighted by atomic mass is 35.5. The van der Waals surface area contributed by atoms with Crippen molar-refractivity contribution in [3.8, 4) is 0 Å². The maximum Gasteiger partial charge on any atom is 0.319 e. The number of anilines is 1. The molecular weight excluding hydrogens is 396 g/mol. The van der Waals surface area contributed by atoms with Gasteiger partial charge in [-0.25, -0.2) is 9.78 Å². The van der Waals surface area contributed by atoms with Crippen LogP contribution in [0.25, 0.3) is 0 Å². The molecule has 2 aromatic rings. The summed E-state index contributed by atoms with van der Waals surface area (Å²) in [4.78, 5) is 28.7. The average Bonchev–Trinajstić information content (AvgIpc) is 3.09. The number of hydrogen-bond donors (Lipinski definition) is 3. The van der Waals surface area contributed by atoms with Crippen molar-refractivity contribution in [1.29, 1.82) is 0 Å². The van der Waals surface area contributed by atoms with Crippen molar-refractivity contribution in [3.05, 3.63) is 44.9 Å². The van der Waals surface area contributed by atoms with Gasteiger partial charge in [0.05, 0.1) is 21.3 Å². The smallest absolute Gasteiger partial charge is 0.319 e. The van der Waals surface area contributed by atoms with E-state index in [1.165, 1.54) is 0 Å². The van der Waals surface area contributed by atoms with Gasteiger partial charge in [0.1, 0.15) is 0 Å². The molecule has 0 spiro atoms. The minimum Gasteiger partial charge on any atom is -0.352 e. The predicted molar refractivity (Wildman–Crippen MR) is 116 cm³/mol.